The molecule has 0 heterocycles. The van der Waals surface area contributed by atoms with E-state index in [0.717, 1.165) is 11.1 Å². The molecule has 0 radical (unpaired) electrons. The molecule has 1 atom stereocenters. The first kappa shape index (κ1) is 26.3. The van der Waals surface area contributed by atoms with Crippen molar-refractivity contribution in [2.45, 2.75) is 45.2 Å². The molecule has 1 N–H and O–H groups in total. The van der Waals surface area contributed by atoms with Crippen molar-refractivity contribution in [1.82, 2.24) is 10.2 Å². The Morgan fingerprint density at radius 2 is 1.57 bits per heavy atom. The minimum Gasteiger partial charge on any atom is -0.484 e. The second-order valence-corrected chi connectivity index (χ2v) is 9.90. The Bertz CT molecular complexity index is 1120. The molecular formula is C29H33ClN2O3. The lowest BCUT2D eigenvalue weighted by Crippen LogP contribution is -2.51. The first-order valence-electron chi connectivity index (χ1n) is 11.7. The average molecular weight is 493 g/mol. The molecule has 0 saturated heterocycles. The number of likely N-dealkylation sites (N-methyl/N-ethyl adjacent to an activating group) is 1. The van der Waals surface area contributed by atoms with Gasteiger partial charge in [-0.3, -0.25) is 9.59 Å². The highest BCUT2D eigenvalue weighted by Gasteiger charge is 2.30. The van der Waals surface area contributed by atoms with Gasteiger partial charge < -0.3 is 15.0 Å². The van der Waals surface area contributed by atoms with Crippen LogP contribution >= 0.6 is 11.6 Å². The lowest BCUT2D eigenvalue weighted by Gasteiger charge is -2.31. The lowest BCUT2D eigenvalue weighted by atomic mass is 9.87. The summed E-state index contributed by atoms with van der Waals surface area (Å²) < 4.78 is 5.84. The van der Waals surface area contributed by atoms with Crippen molar-refractivity contribution < 1.29 is 14.3 Å². The third-order valence-electron chi connectivity index (χ3n) is 5.90. The summed E-state index contributed by atoms with van der Waals surface area (Å²) in [7, 11) is 1.58. The summed E-state index contributed by atoms with van der Waals surface area (Å²) in [6.07, 6.45) is 0.372. The largest absolute Gasteiger partial charge is 0.484 e. The number of ether oxygens (including phenoxy) is 1. The normalized spacial score (nSPS) is 12.0. The lowest BCUT2D eigenvalue weighted by molar-refractivity contribution is -0.142. The molecule has 3 rings (SSSR count). The highest BCUT2D eigenvalue weighted by atomic mass is 35.5. The van der Waals surface area contributed by atoms with Crippen LogP contribution in [0.1, 0.15) is 37.5 Å². The number of carbonyl (C=O) groups is 2. The van der Waals surface area contributed by atoms with E-state index in [1.54, 1.807) is 18.0 Å². The van der Waals surface area contributed by atoms with Crippen LogP contribution < -0.4 is 10.1 Å². The van der Waals surface area contributed by atoms with E-state index in [1.165, 1.54) is 5.56 Å². The number of carbonyl (C=O) groups excluding carboxylic acids is 2. The van der Waals surface area contributed by atoms with Crippen molar-refractivity contribution in [1.29, 1.82) is 0 Å². The maximum atomic E-state index is 13.5. The molecule has 0 bridgehead atoms. The number of benzene rings is 3. The van der Waals surface area contributed by atoms with Gasteiger partial charge in [0.1, 0.15) is 11.8 Å². The fraction of sp³-hybridized carbons (Fsp3) is 0.310. The highest BCUT2D eigenvalue weighted by Crippen LogP contribution is 2.25. The zero-order valence-electron chi connectivity index (χ0n) is 20.8. The van der Waals surface area contributed by atoms with E-state index in [1.807, 2.05) is 72.8 Å². The average Bonchev–Trinajstić information content (AvgIpc) is 2.85. The van der Waals surface area contributed by atoms with Gasteiger partial charge in [-0.05, 0) is 40.3 Å². The summed E-state index contributed by atoms with van der Waals surface area (Å²) in [5.41, 5.74) is 2.92. The summed E-state index contributed by atoms with van der Waals surface area (Å²) in [6.45, 7) is 6.43. The van der Waals surface area contributed by atoms with Crippen molar-refractivity contribution in [2.24, 2.45) is 0 Å². The molecule has 184 valence electrons. The summed E-state index contributed by atoms with van der Waals surface area (Å²) in [4.78, 5) is 28.0. The molecule has 0 aromatic heterocycles. The molecule has 0 aliphatic heterocycles. The van der Waals surface area contributed by atoms with E-state index in [0.29, 0.717) is 17.2 Å². The van der Waals surface area contributed by atoms with Crippen molar-refractivity contribution in [3.63, 3.8) is 0 Å². The quantitative estimate of drug-likeness (QED) is 0.435. The van der Waals surface area contributed by atoms with Crippen molar-refractivity contribution in [2.75, 3.05) is 13.7 Å². The Morgan fingerprint density at radius 3 is 2.17 bits per heavy atom. The van der Waals surface area contributed by atoms with Crippen LogP contribution in [-0.2, 0) is 28.0 Å². The molecule has 3 aromatic carbocycles. The number of hydrogen-bond acceptors (Lipinski definition) is 3. The smallest absolute Gasteiger partial charge is 0.261 e. The molecule has 2 amide bonds. The van der Waals surface area contributed by atoms with Crippen LogP contribution in [0.5, 0.6) is 5.75 Å². The van der Waals surface area contributed by atoms with Gasteiger partial charge in [0.05, 0.1) is 0 Å². The summed E-state index contributed by atoms with van der Waals surface area (Å²) >= 11 is 6.41. The van der Waals surface area contributed by atoms with Crippen LogP contribution in [0.25, 0.3) is 0 Å². The monoisotopic (exact) mass is 492 g/mol. The summed E-state index contributed by atoms with van der Waals surface area (Å²) in [5.74, 6) is 0.0572. The second kappa shape index (κ2) is 11.9. The van der Waals surface area contributed by atoms with Crippen molar-refractivity contribution in [3.8, 4) is 5.75 Å². The molecule has 5 nitrogen and oxygen atoms in total. The Kier molecular flexibility index (Phi) is 8.94. The van der Waals surface area contributed by atoms with E-state index < -0.39 is 6.04 Å². The number of hydrogen-bond donors (Lipinski definition) is 1. The van der Waals surface area contributed by atoms with Crippen LogP contribution in [0.15, 0.2) is 78.9 Å². The Hall–Kier alpha value is -3.31. The topological polar surface area (TPSA) is 58.6 Å². The van der Waals surface area contributed by atoms with Crippen LogP contribution in [0.4, 0.5) is 0 Å². The van der Waals surface area contributed by atoms with Gasteiger partial charge in [0.2, 0.25) is 5.91 Å². The Morgan fingerprint density at radius 1 is 0.943 bits per heavy atom. The molecular weight excluding hydrogens is 460 g/mol. The van der Waals surface area contributed by atoms with E-state index in [-0.39, 0.29) is 30.4 Å². The minimum absolute atomic E-state index is 0.0261. The molecule has 0 spiro atoms. The second-order valence-electron chi connectivity index (χ2n) is 9.50. The van der Waals surface area contributed by atoms with Gasteiger partial charge >= 0.3 is 0 Å². The maximum absolute atomic E-state index is 13.5. The fourth-order valence-corrected chi connectivity index (χ4v) is 4.01. The number of nitrogens with one attached hydrogen (secondary N) is 1. The van der Waals surface area contributed by atoms with Gasteiger partial charge in [-0.15, -0.1) is 0 Å². The molecule has 0 unspecified atom stereocenters. The number of rotatable bonds is 9. The van der Waals surface area contributed by atoms with Gasteiger partial charge in [0.15, 0.2) is 6.61 Å². The fourth-order valence-electron chi connectivity index (χ4n) is 3.81. The summed E-state index contributed by atoms with van der Waals surface area (Å²) in [6, 6.07) is 24.0. The van der Waals surface area contributed by atoms with Gasteiger partial charge in [0, 0.05) is 25.0 Å². The highest BCUT2D eigenvalue weighted by molar-refractivity contribution is 6.31. The van der Waals surface area contributed by atoms with Gasteiger partial charge in [-0.2, -0.15) is 0 Å². The van der Waals surface area contributed by atoms with Crippen LogP contribution in [-0.4, -0.2) is 36.4 Å². The molecule has 0 fully saturated rings. The first-order chi connectivity index (χ1) is 16.7. The Labute approximate surface area is 213 Å². The molecule has 0 aliphatic carbocycles. The van der Waals surface area contributed by atoms with Crippen LogP contribution in [0.2, 0.25) is 5.02 Å². The molecule has 6 heteroatoms. The molecule has 0 aliphatic rings. The molecule has 35 heavy (non-hydrogen) atoms. The van der Waals surface area contributed by atoms with Crippen molar-refractivity contribution in [3.05, 3.63) is 101 Å². The number of halogens is 1. The zero-order chi connectivity index (χ0) is 25.4. The van der Waals surface area contributed by atoms with E-state index in [9.17, 15) is 9.59 Å². The predicted molar refractivity (Wildman–Crippen MR) is 141 cm³/mol. The summed E-state index contributed by atoms with van der Waals surface area (Å²) in [5, 5.41) is 3.25. The Balaban J connectivity index is 1.85. The molecule has 3 aromatic rings. The van der Waals surface area contributed by atoms with Gasteiger partial charge in [0.25, 0.3) is 5.91 Å². The maximum Gasteiger partial charge on any atom is 0.261 e. The zero-order valence-corrected chi connectivity index (χ0v) is 21.5. The number of amides is 2. The standard InChI is InChI=1S/C29H33ClN2O3/c1-29(2,3)23-14-16-24(17-15-23)35-20-27(33)32(19-22-12-8-9-13-25(22)30)26(28(34)31-4)18-21-10-6-5-7-11-21/h5-17,26H,18-20H2,1-4H3,(H,31,34)/t26-/m0/s1. The third-order valence-corrected chi connectivity index (χ3v) is 6.27. The van der Waals surface area contributed by atoms with E-state index >= 15 is 0 Å². The van der Waals surface area contributed by atoms with Crippen molar-refractivity contribution >= 4 is 23.4 Å². The predicted octanol–water partition coefficient (Wildman–Crippen LogP) is 5.40. The van der Waals surface area contributed by atoms with E-state index in [2.05, 4.69) is 26.1 Å². The number of nitrogens with zero attached hydrogens (tertiary/aromatic N) is 1. The van der Waals surface area contributed by atoms with Crippen LogP contribution in [0, 0.1) is 0 Å². The van der Waals surface area contributed by atoms with Gasteiger partial charge in [-0.25, -0.2) is 0 Å². The third kappa shape index (κ3) is 7.33. The SMILES string of the molecule is CNC(=O)[C@H](Cc1ccccc1)N(Cc1ccccc1Cl)C(=O)COc1ccc(C(C)(C)C)cc1. The van der Waals surface area contributed by atoms with Gasteiger partial charge in [-0.1, -0.05) is 93.0 Å². The van der Waals surface area contributed by atoms with Crippen LogP contribution in [0.3, 0.4) is 0 Å². The first-order valence-corrected chi connectivity index (χ1v) is 12.1. The molecule has 0 saturated carbocycles. The minimum atomic E-state index is -0.724. The van der Waals surface area contributed by atoms with E-state index in [4.69, 9.17) is 16.3 Å².